The van der Waals surface area contributed by atoms with E-state index in [1.165, 1.54) is 7.11 Å². The Kier molecular flexibility index (Phi) is 9.12. The van der Waals surface area contributed by atoms with Crippen molar-refractivity contribution in [2.24, 2.45) is 5.92 Å². The Morgan fingerprint density at radius 1 is 1.00 bits per heavy atom. The highest BCUT2D eigenvalue weighted by molar-refractivity contribution is 6.02. The van der Waals surface area contributed by atoms with Crippen LogP contribution in [-0.4, -0.2) is 66.3 Å². The Bertz CT molecular complexity index is 1540. The van der Waals surface area contributed by atoms with Crippen molar-refractivity contribution in [3.8, 4) is 17.2 Å². The summed E-state index contributed by atoms with van der Waals surface area (Å²) in [5.41, 5.74) is 2.02. The van der Waals surface area contributed by atoms with E-state index in [2.05, 4.69) is 20.9 Å². The number of amides is 4. The van der Waals surface area contributed by atoms with E-state index in [1.54, 1.807) is 41.4 Å². The fourth-order valence-corrected chi connectivity index (χ4v) is 5.10. The summed E-state index contributed by atoms with van der Waals surface area (Å²) in [5.74, 6) is 1.51. The summed E-state index contributed by atoms with van der Waals surface area (Å²) in [5, 5.41) is 9.52. The Morgan fingerprint density at radius 2 is 1.75 bits per heavy atom. The molecule has 234 valence electrons. The molecule has 0 bridgehead atoms. The van der Waals surface area contributed by atoms with Crippen molar-refractivity contribution < 1.29 is 28.6 Å². The van der Waals surface area contributed by atoms with Crippen LogP contribution in [0.15, 0.2) is 42.6 Å². The highest BCUT2D eigenvalue weighted by atomic mass is 16.6. The van der Waals surface area contributed by atoms with E-state index in [0.29, 0.717) is 59.0 Å². The lowest BCUT2D eigenvalue weighted by atomic mass is 9.97. The Morgan fingerprint density at radius 3 is 2.41 bits per heavy atom. The molecule has 5 rings (SSSR count). The van der Waals surface area contributed by atoms with Crippen LogP contribution < -0.4 is 25.4 Å². The molecule has 1 aromatic heterocycles. The molecule has 0 radical (unpaired) electrons. The first-order valence-electron chi connectivity index (χ1n) is 15.1. The number of aryl methyl sites for hydroxylation is 1. The first-order chi connectivity index (χ1) is 21.0. The molecule has 44 heavy (non-hydrogen) atoms. The summed E-state index contributed by atoms with van der Waals surface area (Å²) in [6, 6.07) is 10.7. The van der Waals surface area contributed by atoms with Crippen molar-refractivity contribution in [1.82, 2.24) is 20.5 Å². The molecule has 2 aromatic carbocycles. The summed E-state index contributed by atoms with van der Waals surface area (Å²) < 4.78 is 17.3. The van der Waals surface area contributed by atoms with Crippen molar-refractivity contribution in [2.75, 3.05) is 32.1 Å². The van der Waals surface area contributed by atoms with Crippen LogP contribution >= 0.6 is 0 Å². The van der Waals surface area contributed by atoms with E-state index in [0.717, 1.165) is 31.2 Å². The zero-order valence-electron chi connectivity index (χ0n) is 26.0. The monoisotopic (exact) mass is 603 g/mol. The first-order valence-corrected chi connectivity index (χ1v) is 15.1. The van der Waals surface area contributed by atoms with Gasteiger partial charge in [-0.1, -0.05) is 0 Å². The molecule has 3 aromatic rings. The predicted molar refractivity (Wildman–Crippen MR) is 168 cm³/mol. The number of likely N-dealkylation sites (tertiary alicyclic amines) is 1. The molecular weight excluding hydrogens is 562 g/mol. The largest absolute Gasteiger partial charge is 0.496 e. The fourth-order valence-electron chi connectivity index (χ4n) is 5.10. The van der Waals surface area contributed by atoms with Crippen LogP contribution in [0.25, 0.3) is 10.9 Å². The van der Waals surface area contributed by atoms with Crippen LogP contribution in [0.3, 0.4) is 0 Å². The molecule has 11 nitrogen and oxygen atoms in total. The van der Waals surface area contributed by atoms with Gasteiger partial charge in [0, 0.05) is 49.0 Å². The minimum atomic E-state index is -0.531. The van der Waals surface area contributed by atoms with Crippen LogP contribution in [-0.2, 0) is 4.74 Å². The minimum Gasteiger partial charge on any atom is -0.496 e. The molecule has 1 saturated carbocycles. The number of hydrogen-bond donors (Lipinski definition) is 3. The number of hydrogen-bond acceptors (Lipinski definition) is 7. The molecule has 11 heteroatoms. The summed E-state index contributed by atoms with van der Waals surface area (Å²) in [4.78, 5) is 44.1. The molecule has 0 spiro atoms. The van der Waals surface area contributed by atoms with Crippen molar-refractivity contribution in [1.29, 1.82) is 0 Å². The number of ether oxygens (including phenoxy) is 3. The second kappa shape index (κ2) is 13.0. The van der Waals surface area contributed by atoms with Crippen molar-refractivity contribution >= 4 is 34.6 Å². The summed E-state index contributed by atoms with van der Waals surface area (Å²) in [6.07, 6.45) is 4.93. The number of rotatable bonds is 8. The smallest absolute Gasteiger partial charge is 0.410 e. The van der Waals surface area contributed by atoms with Gasteiger partial charge in [-0.15, -0.1) is 0 Å². The maximum atomic E-state index is 13.4. The number of methoxy groups -OCH3 is 1. The number of pyridine rings is 1. The average molecular weight is 604 g/mol. The molecule has 1 aliphatic heterocycles. The van der Waals surface area contributed by atoms with Gasteiger partial charge in [-0.05, 0) is 95.2 Å². The van der Waals surface area contributed by atoms with Crippen LogP contribution in [0.2, 0.25) is 0 Å². The van der Waals surface area contributed by atoms with Gasteiger partial charge in [0.25, 0.3) is 5.91 Å². The van der Waals surface area contributed by atoms with Gasteiger partial charge in [0.15, 0.2) is 0 Å². The van der Waals surface area contributed by atoms with E-state index in [9.17, 15) is 14.4 Å². The van der Waals surface area contributed by atoms with Gasteiger partial charge in [0.05, 0.1) is 18.2 Å². The summed E-state index contributed by atoms with van der Waals surface area (Å²) in [6.45, 7) is 9.13. The maximum absolute atomic E-state index is 13.4. The topological polar surface area (TPSA) is 131 Å². The standard InChI is InChI=1S/C33H41N5O6/c1-20-16-23(8-9-26(20)37-31(40)36-22-6-7-22)43-28-10-13-34-27-18-29(42-5)25(17-24(27)28)30(39)35-19-21-11-14-38(15-12-21)32(41)44-33(2,3)4/h8-10,13,16-18,21-22H,6-7,11-12,14-15,19H2,1-5H3,(H,35,39)(H2,36,37,40). The SMILES string of the molecule is COc1cc2nccc(Oc3ccc(NC(=O)NC4CC4)c(C)c3)c2cc1C(=O)NCC1CCN(C(=O)OC(C)(C)C)CC1. The number of aromatic nitrogens is 1. The van der Waals surface area contributed by atoms with Gasteiger partial charge >= 0.3 is 12.1 Å². The number of anilines is 1. The van der Waals surface area contributed by atoms with Crippen LogP contribution in [0, 0.1) is 12.8 Å². The van der Waals surface area contributed by atoms with Gasteiger partial charge in [0.1, 0.15) is 22.8 Å². The third-order valence-corrected chi connectivity index (χ3v) is 7.67. The molecule has 3 N–H and O–H groups in total. The number of nitrogens with zero attached hydrogens (tertiary/aromatic N) is 2. The van der Waals surface area contributed by atoms with E-state index in [-0.39, 0.29) is 30.0 Å². The van der Waals surface area contributed by atoms with Gasteiger partial charge in [-0.3, -0.25) is 9.78 Å². The number of nitrogens with one attached hydrogen (secondary N) is 3. The third kappa shape index (κ3) is 7.89. The second-order valence-electron chi connectivity index (χ2n) is 12.5. The third-order valence-electron chi connectivity index (χ3n) is 7.67. The van der Waals surface area contributed by atoms with E-state index in [1.807, 2.05) is 33.8 Å². The van der Waals surface area contributed by atoms with E-state index >= 15 is 0 Å². The zero-order chi connectivity index (χ0) is 31.4. The quantitative estimate of drug-likeness (QED) is 0.288. The summed E-state index contributed by atoms with van der Waals surface area (Å²) in [7, 11) is 1.52. The molecule has 2 heterocycles. The van der Waals surface area contributed by atoms with Crippen LogP contribution in [0.4, 0.5) is 15.3 Å². The molecular formula is C33H41N5O6. The molecule has 1 saturated heterocycles. The highest BCUT2D eigenvalue weighted by Crippen LogP contribution is 2.34. The number of fused-ring (bicyclic) bond motifs is 1. The Labute approximate surface area is 257 Å². The van der Waals surface area contributed by atoms with Crippen LogP contribution in [0.5, 0.6) is 17.2 Å². The fraction of sp³-hybridized carbons (Fsp3) is 0.455. The zero-order valence-corrected chi connectivity index (χ0v) is 26.0. The molecule has 0 unspecified atom stereocenters. The Hall–Kier alpha value is -4.54. The van der Waals surface area contributed by atoms with Gasteiger partial charge < -0.3 is 35.1 Å². The van der Waals surface area contributed by atoms with E-state index < -0.39 is 5.60 Å². The van der Waals surface area contributed by atoms with Gasteiger partial charge in [-0.2, -0.15) is 0 Å². The molecule has 4 amide bonds. The van der Waals surface area contributed by atoms with Crippen molar-refractivity contribution in [2.45, 2.75) is 65.0 Å². The highest BCUT2D eigenvalue weighted by Gasteiger charge is 2.28. The lowest BCUT2D eigenvalue weighted by Crippen LogP contribution is -2.43. The summed E-state index contributed by atoms with van der Waals surface area (Å²) >= 11 is 0. The number of carbonyl (C=O) groups is 3. The number of urea groups is 1. The number of piperidine rings is 1. The predicted octanol–water partition coefficient (Wildman–Crippen LogP) is 6.00. The average Bonchev–Trinajstić information content (AvgIpc) is 3.80. The second-order valence-corrected chi connectivity index (χ2v) is 12.5. The van der Waals surface area contributed by atoms with E-state index in [4.69, 9.17) is 14.2 Å². The number of carbonyl (C=O) groups excluding carboxylic acids is 3. The Balaban J connectivity index is 1.24. The first kappa shape index (κ1) is 30.9. The lowest BCUT2D eigenvalue weighted by molar-refractivity contribution is 0.0183. The van der Waals surface area contributed by atoms with Crippen LogP contribution in [0.1, 0.15) is 62.4 Å². The molecule has 2 fully saturated rings. The molecule has 0 atom stereocenters. The number of benzene rings is 2. The van der Waals surface area contributed by atoms with Gasteiger partial charge in [0.2, 0.25) is 0 Å². The molecule has 1 aliphatic carbocycles. The van der Waals surface area contributed by atoms with Crippen molar-refractivity contribution in [3.05, 3.63) is 53.7 Å². The normalized spacial score (nSPS) is 15.4. The van der Waals surface area contributed by atoms with Crippen molar-refractivity contribution in [3.63, 3.8) is 0 Å². The molecule has 2 aliphatic rings. The maximum Gasteiger partial charge on any atom is 0.410 e. The minimum absolute atomic E-state index is 0.213. The van der Waals surface area contributed by atoms with Gasteiger partial charge in [-0.25, -0.2) is 9.59 Å². The lowest BCUT2D eigenvalue weighted by Gasteiger charge is -2.33.